The maximum absolute atomic E-state index is 12.6. The van der Waals surface area contributed by atoms with Crippen molar-refractivity contribution >= 4 is 29.9 Å². The number of nitrogens with zero attached hydrogens (tertiary/aromatic N) is 1. The van der Waals surface area contributed by atoms with E-state index in [1.807, 2.05) is 0 Å². The molecule has 7 heteroatoms. The van der Waals surface area contributed by atoms with Gasteiger partial charge in [-0.05, 0) is 31.6 Å². The summed E-state index contributed by atoms with van der Waals surface area (Å²) in [5.74, 6) is 0.758. The first-order chi connectivity index (χ1) is 7.93. The summed E-state index contributed by atoms with van der Waals surface area (Å²) in [6.07, 6.45) is -0.212. The molecule has 3 N–H and O–H groups in total. The average Bonchev–Trinajstić information content (AvgIpc) is 2.91. The molecule has 2 aliphatic carbocycles. The number of halogens is 4. The molecule has 106 valence electrons. The number of nitrogens with one attached hydrogen (secondary N) is 1. The minimum atomic E-state index is -4.15. The van der Waals surface area contributed by atoms with E-state index in [1.165, 1.54) is 19.3 Å². The lowest BCUT2D eigenvalue weighted by molar-refractivity contribution is -0.183. The van der Waals surface area contributed by atoms with E-state index in [4.69, 9.17) is 5.73 Å². The first-order valence-electron chi connectivity index (χ1n) is 6.03. The Hall–Kier alpha value is -0.210. The van der Waals surface area contributed by atoms with Crippen LogP contribution in [0.2, 0.25) is 0 Å². The summed E-state index contributed by atoms with van der Waals surface area (Å²) in [4.78, 5) is 3.82. The topological polar surface area (TPSA) is 50.4 Å². The smallest absolute Gasteiger partial charge is 0.370 e. The maximum atomic E-state index is 12.6. The van der Waals surface area contributed by atoms with Gasteiger partial charge in [0.2, 0.25) is 0 Å². The fourth-order valence-corrected chi connectivity index (χ4v) is 1.92. The van der Waals surface area contributed by atoms with Gasteiger partial charge in [-0.3, -0.25) is 4.99 Å². The molecule has 0 amide bonds. The third-order valence-electron chi connectivity index (χ3n) is 3.80. The summed E-state index contributed by atoms with van der Waals surface area (Å²) in [6.45, 7) is 0.494. The Morgan fingerprint density at radius 1 is 1.33 bits per heavy atom. The fraction of sp³-hybridized carbons (Fsp3) is 0.909. The number of hydrogen-bond acceptors (Lipinski definition) is 1. The van der Waals surface area contributed by atoms with Gasteiger partial charge in [0, 0.05) is 6.54 Å². The Morgan fingerprint density at radius 2 is 1.94 bits per heavy atom. The van der Waals surface area contributed by atoms with Gasteiger partial charge in [-0.1, -0.05) is 6.42 Å². The van der Waals surface area contributed by atoms with Crippen LogP contribution in [0.25, 0.3) is 0 Å². The predicted molar refractivity (Wildman–Crippen MR) is 75.0 cm³/mol. The molecule has 2 saturated carbocycles. The number of guanidine groups is 1. The molecule has 0 spiro atoms. The number of hydrogen-bond donors (Lipinski definition) is 2. The molecule has 0 bridgehead atoms. The van der Waals surface area contributed by atoms with Gasteiger partial charge in [-0.2, -0.15) is 13.2 Å². The minimum Gasteiger partial charge on any atom is -0.370 e. The highest BCUT2D eigenvalue weighted by atomic mass is 127. The highest BCUT2D eigenvalue weighted by molar-refractivity contribution is 14.0. The summed E-state index contributed by atoms with van der Waals surface area (Å²) in [7, 11) is 0. The normalized spacial score (nSPS) is 22.9. The molecule has 0 radical (unpaired) electrons. The molecule has 0 saturated heterocycles. The molecule has 0 heterocycles. The minimum absolute atomic E-state index is 0. The van der Waals surface area contributed by atoms with Crippen LogP contribution in [0.15, 0.2) is 4.99 Å². The van der Waals surface area contributed by atoms with Gasteiger partial charge >= 0.3 is 6.18 Å². The van der Waals surface area contributed by atoms with E-state index in [9.17, 15) is 13.2 Å². The van der Waals surface area contributed by atoms with Crippen LogP contribution in [0.4, 0.5) is 13.2 Å². The highest BCUT2D eigenvalue weighted by Crippen LogP contribution is 2.57. The van der Waals surface area contributed by atoms with Crippen LogP contribution >= 0.6 is 24.0 Å². The van der Waals surface area contributed by atoms with Crippen LogP contribution in [0.3, 0.4) is 0 Å². The van der Waals surface area contributed by atoms with E-state index in [0.29, 0.717) is 5.92 Å². The molecule has 0 atom stereocenters. The second-order valence-corrected chi connectivity index (χ2v) is 5.16. The molecule has 2 aliphatic rings. The Kier molecular flexibility index (Phi) is 5.13. The largest absolute Gasteiger partial charge is 0.396 e. The summed E-state index contributed by atoms with van der Waals surface area (Å²) < 4.78 is 37.8. The number of alkyl halides is 3. The van der Waals surface area contributed by atoms with E-state index < -0.39 is 11.6 Å². The number of nitrogens with two attached hydrogens (primary N) is 1. The lowest BCUT2D eigenvalue weighted by Gasteiger charge is -2.25. The van der Waals surface area contributed by atoms with E-state index in [1.54, 1.807) is 0 Å². The summed E-state index contributed by atoms with van der Waals surface area (Å²) in [5.41, 5.74) is 3.96. The van der Waals surface area contributed by atoms with Gasteiger partial charge in [0.05, 0.1) is 12.0 Å². The third kappa shape index (κ3) is 3.64. The second kappa shape index (κ2) is 5.83. The van der Waals surface area contributed by atoms with Gasteiger partial charge in [-0.15, -0.1) is 24.0 Å². The molecular formula is C11H19F3IN3. The van der Waals surface area contributed by atoms with Crippen molar-refractivity contribution in [2.75, 3.05) is 13.1 Å². The van der Waals surface area contributed by atoms with Crippen molar-refractivity contribution in [3.8, 4) is 0 Å². The van der Waals surface area contributed by atoms with E-state index >= 15 is 0 Å². The van der Waals surface area contributed by atoms with Crippen molar-refractivity contribution in [3.05, 3.63) is 0 Å². The molecule has 3 nitrogen and oxygen atoms in total. The van der Waals surface area contributed by atoms with Crippen LogP contribution in [-0.4, -0.2) is 25.2 Å². The molecule has 0 unspecified atom stereocenters. The van der Waals surface area contributed by atoms with E-state index in [2.05, 4.69) is 10.3 Å². The first kappa shape index (κ1) is 15.8. The lowest BCUT2D eigenvalue weighted by Crippen LogP contribution is -2.38. The molecule has 0 aliphatic heterocycles. The molecule has 2 rings (SSSR count). The standard InChI is InChI=1S/C11H18F3N3.HI/c12-11(13,14)10(4-5-10)7-17-9(15)16-6-8-2-1-3-8;/h8H,1-7H2,(H3,15,16,17);1H. The second-order valence-electron chi connectivity index (χ2n) is 5.16. The maximum Gasteiger partial charge on any atom is 0.396 e. The third-order valence-corrected chi connectivity index (χ3v) is 3.80. The zero-order valence-electron chi connectivity index (χ0n) is 10.1. The first-order valence-corrected chi connectivity index (χ1v) is 6.03. The SMILES string of the molecule is I.NC(=NCC1(C(F)(F)F)CC1)NCC1CCC1. The van der Waals surface area contributed by atoms with Crippen molar-refractivity contribution in [3.63, 3.8) is 0 Å². The zero-order valence-corrected chi connectivity index (χ0v) is 12.4. The Bertz CT molecular complexity index is 309. The van der Waals surface area contributed by atoms with Gasteiger partial charge in [-0.25, -0.2) is 0 Å². The lowest BCUT2D eigenvalue weighted by atomic mass is 9.85. The Labute approximate surface area is 122 Å². The highest BCUT2D eigenvalue weighted by Gasteiger charge is 2.63. The molecular weight excluding hydrogens is 358 g/mol. The Morgan fingerprint density at radius 3 is 2.33 bits per heavy atom. The quantitative estimate of drug-likeness (QED) is 0.450. The van der Waals surface area contributed by atoms with Gasteiger partial charge in [0.15, 0.2) is 5.96 Å². The summed E-state index contributed by atoms with van der Waals surface area (Å²) in [6, 6.07) is 0. The van der Waals surface area contributed by atoms with Crippen molar-refractivity contribution in [1.82, 2.24) is 5.32 Å². The van der Waals surface area contributed by atoms with Crippen molar-refractivity contribution in [2.24, 2.45) is 22.1 Å². The summed E-state index contributed by atoms with van der Waals surface area (Å²) >= 11 is 0. The van der Waals surface area contributed by atoms with Crippen LogP contribution in [0.5, 0.6) is 0 Å². The number of aliphatic imine (C=N–C) groups is 1. The van der Waals surface area contributed by atoms with E-state index in [0.717, 1.165) is 6.54 Å². The monoisotopic (exact) mass is 377 g/mol. The Balaban J connectivity index is 0.00000162. The van der Waals surface area contributed by atoms with Crippen LogP contribution in [0, 0.1) is 11.3 Å². The zero-order chi connectivity index (χ0) is 12.5. The van der Waals surface area contributed by atoms with Crippen molar-refractivity contribution < 1.29 is 13.2 Å². The molecule has 18 heavy (non-hydrogen) atoms. The van der Waals surface area contributed by atoms with Crippen molar-refractivity contribution in [2.45, 2.75) is 38.3 Å². The van der Waals surface area contributed by atoms with Crippen LogP contribution in [-0.2, 0) is 0 Å². The van der Waals surface area contributed by atoms with Gasteiger partial charge in [0.1, 0.15) is 0 Å². The van der Waals surface area contributed by atoms with Crippen LogP contribution in [0.1, 0.15) is 32.1 Å². The molecule has 0 aromatic rings. The number of rotatable bonds is 4. The van der Waals surface area contributed by atoms with Crippen LogP contribution < -0.4 is 11.1 Å². The van der Waals surface area contributed by atoms with E-state index in [-0.39, 0.29) is 49.3 Å². The molecule has 0 aromatic carbocycles. The average molecular weight is 377 g/mol. The summed E-state index contributed by atoms with van der Waals surface area (Å²) in [5, 5.41) is 2.90. The van der Waals surface area contributed by atoms with Gasteiger partial charge < -0.3 is 11.1 Å². The molecule has 0 aromatic heterocycles. The van der Waals surface area contributed by atoms with Crippen molar-refractivity contribution in [1.29, 1.82) is 0 Å². The molecule has 2 fully saturated rings. The predicted octanol–water partition coefficient (Wildman–Crippen LogP) is 2.65. The fourth-order valence-electron chi connectivity index (χ4n) is 1.92. The van der Waals surface area contributed by atoms with Gasteiger partial charge in [0.25, 0.3) is 0 Å².